The number of anilines is 1. The number of rotatable bonds is 3. The smallest absolute Gasteiger partial charge is 0.259 e. The molecule has 0 unspecified atom stereocenters. The molecular weight excluding hydrogens is 336 g/mol. The normalized spacial score (nSPS) is 10.8. The standard InChI is InChI=1S/C20H19F2N3O/c1-11-7-12(2)9-16(8-11)23-20(26)19-13(3)24-25(14(19)4)18-6-5-15(21)10-17(18)22/h5-10H,1-4H3,(H,23,26). The van der Waals surface area contributed by atoms with Crippen molar-refractivity contribution < 1.29 is 13.6 Å². The van der Waals surface area contributed by atoms with Crippen molar-refractivity contribution in [3.63, 3.8) is 0 Å². The number of nitrogens with one attached hydrogen (secondary N) is 1. The Morgan fingerprint density at radius 1 is 1.00 bits per heavy atom. The van der Waals surface area contributed by atoms with Gasteiger partial charge in [-0.25, -0.2) is 13.5 Å². The molecule has 0 atom stereocenters. The van der Waals surface area contributed by atoms with Gasteiger partial charge in [-0.15, -0.1) is 0 Å². The van der Waals surface area contributed by atoms with E-state index in [0.29, 0.717) is 22.6 Å². The highest BCUT2D eigenvalue weighted by molar-refractivity contribution is 6.06. The van der Waals surface area contributed by atoms with Crippen LogP contribution in [0, 0.1) is 39.3 Å². The lowest BCUT2D eigenvalue weighted by molar-refractivity contribution is 0.102. The molecule has 0 bridgehead atoms. The number of carbonyl (C=O) groups excluding carboxylic acids is 1. The van der Waals surface area contributed by atoms with Crippen molar-refractivity contribution >= 4 is 11.6 Å². The van der Waals surface area contributed by atoms with E-state index >= 15 is 0 Å². The van der Waals surface area contributed by atoms with Crippen LogP contribution >= 0.6 is 0 Å². The first-order valence-electron chi connectivity index (χ1n) is 8.17. The second-order valence-electron chi connectivity index (χ2n) is 6.38. The molecule has 3 rings (SSSR count). The monoisotopic (exact) mass is 355 g/mol. The largest absolute Gasteiger partial charge is 0.322 e. The highest BCUT2D eigenvalue weighted by Crippen LogP contribution is 2.22. The highest BCUT2D eigenvalue weighted by Gasteiger charge is 2.21. The minimum Gasteiger partial charge on any atom is -0.322 e. The summed E-state index contributed by atoms with van der Waals surface area (Å²) in [4.78, 5) is 12.7. The van der Waals surface area contributed by atoms with Gasteiger partial charge >= 0.3 is 0 Å². The number of aryl methyl sites for hydroxylation is 3. The summed E-state index contributed by atoms with van der Waals surface area (Å²) in [6, 6.07) is 9.02. The summed E-state index contributed by atoms with van der Waals surface area (Å²) in [6.07, 6.45) is 0. The summed E-state index contributed by atoms with van der Waals surface area (Å²) in [5.74, 6) is -1.73. The van der Waals surface area contributed by atoms with Gasteiger partial charge in [-0.1, -0.05) is 6.07 Å². The molecule has 2 aromatic carbocycles. The van der Waals surface area contributed by atoms with Crippen LogP contribution in [-0.4, -0.2) is 15.7 Å². The maximum absolute atomic E-state index is 14.1. The first kappa shape index (κ1) is 17.8. The molecule has 6 heteroatoms. The molecule has 0 aliphatic rings. The molecule has 0 spiro atoms. The quantitative estimate of drug-likeness (QED) is 0.744. The maximum atomic E-state index is 14.1. The van der Waals surface area contributed by atoms with E-state index < -0.39 is 11.6 Å². The highest BCUT2D eigenvalue weighted by atomic mass is 19.1. The molecule has 0 radical (unpaired) electrons. The molecule has 1 N–H and O–H groups in total. The second-order valence-corrected chi connectivity index (χ2v) is 6.38. The molecule has 3 aromatic rings. The lowest BCUT2D eigenvalue weighted by Crippen LogP contribution is -2.14. The molecule has 1 aromatic heterocycles. The van der Waals surface area contributed by atoms with Gasteiger partial charge in [-0.3, -0.25) is 4.79 Å². The third-order valence-corrected chi connectivity index (χ3v) is 4.14. The number of benzene rings is 2. The molecular formula is C20H19F2N3O. The van der Waals surface area contributed by atoms with Crippen LogP contribution in [0.25, 0.3) is 5.69 Å². The molecule has 0 saturated heterocycles. The number of nitrogens with zero attached hydrogens (tertiary/aromatic N) is 2. The van der Waals surface area contributed by atoms with Gasteiger partial charge in [0.1, 0.15) is 11.5 Å². The van der Waals surface area contributed by atoms with Crippen molar-refractivity contribution in [3.8, 4) is 5.69 Å². The Morgan fingerprint density at radius 2 is 1.65 bits per heavy atom. The predicted octanol–water partition coefficient (Wildman–Crippen LogP) is 4.64. The van der Waals surface area contributed by atoms with Crippen LogP contribution in [0.2, 0.25) is 0 Å². The van der Waals surface area contributed by atoms with E-state index in [1.165, 1.54) is 10.7 Å². The van der Waals surface area contributed by atoms with E-state index in [0.717, 1.165) is 23.3 Å². The van der Waals surface area contributed by atoms with Crippen molar-refractivity contribution in [1.82, 2.24) is 9.78 Å². The fraction of sp³-hybridized carbons (Fsp3) is 0.200. The van der Waals surface area contributed by atoms with Crippen molar-refractivity contribution in [3.05, 3.63) is 76.1 Å². The zero-order valence-electron chi connectivity index (χ0n) is 15.0. The minimum absolute atomic E-state index is 0.0949. The zero-order valence-corrected chi connectivity index (χ0v) is 15.0. The molecule has 0 fully saturated rings. The van der Waals surface area contributed by atoms with E-state index in [2.05, 4.69) is 10.4 Å². The van der Waals surface area contributed by atoms with Crippen molar-refractivity contribution in [2.45, 2.75) is 27.7 Å². The Bertz CT molecular complexity index is 988. The molecule has 134 valence electrons. The third kappa shape index (κ3) is 3.35. The zero-order chi connectivity index (χ0) is 19.0. The van der Waals surface area contributed by atoms with Gasteiger partial charge in [0.2, 0.25) is 0 Å². The SMILES string of the molecule is Cc1cc(C)cc(NC(=O)c2c(C)nn(-c3ccc(F)cc3F)c2C)c1. The van der Waals surface area contributed by atoms with Crippen LogP contribution < -0.4 is 5.32 Å². The summed E-state index contributed by atoms with van der Waals surface area (Å²) >= 11 is 0. The Kier molecular flexibility index (Phi) is 4.59. The van der Waals surface area contributed by atoms with Crippen LogP contribution in [0.3, 0.4) is 0 Å². The van der Waals surface area contributed by atoms with E-state index in [1.807, 2.05) is 32.0 Å². The average molecular weight is 355 g/mol. The van der Waals surface area contributed by atoms with Crippen LogP contribution in [0.5, 0.6) is 0 Å². The summed E-state index contributed by atoms with van der Waals surface area (Å²) in [5.41, 5.74) is 4.18. The average Bonchev–Trinajstić information content (AvgIpc) is 2.81. The summed E-state index contributed by atoms with van der Waals surface area (Å²) < 4.78 is 28.6. The Labute approximate surface area is 150 Å². The lowest BCUT2D eigenvalue weighted by atomic mass is 10.1. The fourth-order valence-electron chi connectivity index (χ4n) is 3.10. The third-order valence-electron chi connectivity index (χ3n) is 4.14. The van der Waals surface area contributed by atoms with Gasteiger partial charge in [0, 0.05) is 11.8 Å². The minimum atomic E-state index is -0.739. The Hall–Kier alpha value is -3.02. The summed E-state index contributed by atoms with van der Waals surface area (Å²) in [5, 5.41) is 7.13. The van der Waals surface area contributed by atoms with Crippen molar-refractivity contribution in [2.24, 2.45) is 0 Å². The van der Waals surface area contributed by atoms with Gasteiger partial charge in [-0.05, 0) is 63.1 Å². The molecule has 1 heterocycles. The number of hydrogen-bond acceptors (Lipinski definition) is 2. The van der Waals surface area contributed by atoms with Gasteiger partial charge in [0.05, 0.1) is 17.0 Å². The summed E-state index contributed by atoms with van der Waals surface area (Å²) in [6.45, 7) is 7.27. The molecule has 0 saturated carbocycles. The van der Waals surface area contributed by atoms with Crippen molar-refractivity contribution in [1.29, 1.82) is 0 Å². The molecule has 0 aliphatic heterocycles. The van der Waals surface area contributed by atoms with Crippen molar-refractivity contribution in [2.75, 3.05) is 5.32 Å². The van der Waals surface area contributed by atoms with E-state index in [9.17, 15) is 13.6 Å². The Balaban J connectivity index is 1.98. The lowest BCUT2D eigenvalue weighted by Gasteiger charge is -2.09. The van der Waals surface area contributed by atoms with E-state index in [4.69, 9.17) is 0 Å². The van der Waals surface area contributed by atoms with E-state index in [-0.39, 0.29) is 11.6 Å². The number of hydrogen-bond donors (Lipinski definition) is 1. The van der Waals surface area contributed by atoms with Gasteiger partial charge in [-0.2, -0.15) is 5.10 Å². The summed E-state index contributed by atoms with van der Waals surface area (Å²) in [7, 11) is 0. The first-order chi connectivity index (χ1) is 12.3. The second kappa shape index (κ2) is 6.71. The topological polar surface area (TPSA) is 46.9 Å². The predicted molar refractivity (Wildman–Crippen MR) is 96.8 cm³/mol. The first-order valence-corrected chi connectivity index (χ1v) is 8.17. The molecule has 4 nitrogen and oxygen atoms in total. The number of amides is 1. The molecule has 0 aliphatic carbocycles. The van der Waals surface area contributed by atoms with Gasteiger partial charge in [0.25, 0.3) is 5.91 Å². The fourth-order valence-corrected chi connectivity index (χ4v) is 3.10. The van der Waals surface area contributed by atoms with Crippen LogP contribution in [0.4, 0.5) is 14.5 Å². The molecule has 26 heavy (non-hydrogen) atoms. The maximum Gasteiger partial charge on any atom is 0.259 e. The van der Waals surface area contributed by atoms with Crippen LogP contribution in [0.1, 0.15) is 32.9 Å². The van der Waals surface area contributed by atoms with Gasteiger partial charge < -0.3 is 5.32 Å². The van der Waals surface area contributed by atoms with E-state index in [1.54, 1.807) is 13.8 Å². The van der Waals surface area contributed by atoms with Crippen LogP contribution in [-0.2, 0) is 0 Å². The van der Waals surface area contributed by atoms with Crippen LogP contribution in [0.15, 0.2) is 36.4 Å². The van der Waals surface area contributed by atoms with Gasteiger partial charge in [0.15, 0.2) is 5.82 Å². The molecule has 1 amide bonds. The number of halogens is 2. The number of aromatic nitrogens is 2. The Morgan fingerprint density at radius 3 is 2.27 bits per heavy atom. The number of carbonyl (C=O) groups is 1.